The third-order valence-corrected chi connectivity index (χ3v) is 3.69. The monoisotopic (exact) mass is 341 g/mol. The van der Waals surface area contributed by atoms with Gasteiger partial charge in [-0.05, 0) is 25.1 Å². The maximum Gasteiger partial charge on any atom is 0.414 e. The number of anilines is 2. The van der Waals surface area contributed by atoms with E-state index in [0.717, 1.165) is 0 Å². The van der Waals surface area contributed by atoms with Crippen molar-refractivity contribution in [3.8, 4) is 0 Å². The predicted octanol–water partition coefficient (Wildman–Crippen LogP) is 2.48. The Morgan fingerprint density at radius 1 is 1.64 bits per heavy atom. The number of ether oxygens (including phenoxy) is 1. The quantitative estimate of drug-likeness (QED) is 0.830. The van der Waals surface area contributed by atoms with E-state index in [1.54, 1.807) is 26.1 Å². The molecule has 0 aliphatic carbocycles. The van der Waals surface area contributed by atoms with Crippen LogP contribution in [0.3, 0.4) is 0 Å². The summed E-state index contributed by atoms with van der Waals surface area (Å²) >= 11 is 9.69. The molecule has 0 radical (unpaired) electrons. The molecule has 1 aromatic rings. The lowest BCUT2D eigenvalue weighted by molar-refractivity contribution is 0.143. The summed E-state index contributed by atoms with van der Waals surface area (Å²) in [4.78, 5) is 15.4. The lowest BCUT2D eigenvalue weighted by Gasteiger charge is -2.17. The SMILES string of the molecule is CC(=S)NCC1CN(c2ccc(N(C)C=S)c(F)c2)C(=O)O1. The molecule has 0 aromatic heterocycles. The number of nitrogens with zero attached hydrogens (tertiary/aromatic N) is 2. The Kier molecular flexibility index (Phi) is 5.25. The van der Waals surface area contributed by atoms with E-state index in [1.165, 1.54) is 21.4 Å². The van der Waals surface area contributed by atoms with Gasteiger partial charge in [-0.3, -0.25) is 4.90 Å². The fourth-order valence-electron chi connectivity index (χ4n) is 2.10. The molecule has 1 unspecified atom stereocenters. The van der Waals surface area contributed by atoms with Crippen LogP contribution < -0.4 is 15.1 Å². The second-order valence-electron chi connectivity index (χ2n) is 4.91. The van der Waals surface area contributed by atoms with E-state index < -0.39 is 11.9 Å². The van der Waals surface area contributed by atoms with Crippen molar-refractivity contribution >= 4 is 52.4 Å². The van der Waals surface area contributed by atoms with Crippen LogP contribution in [0.15, 0.2) is 18.2 Å². The van der Waals surface area contributed by atoms with Gasteiger partial charge in [-0.25, -0.2) is 9.18 Å². The van der Waals surface area contributed by atoms with Crippen LogP contribution in [-0.4, -0.2) is 42.8 Å². The first-order valence-corrected chi connectivity index (χ1v) is 7.50. The highest BCUT2D eigenvalue weighted by molar-refractivity contribution is 7.80. The van der Waals surface area contributed by atoms with Crippen molar-refractivity contribution in [2.24, 2.45) is 0 Å². The first kappa shape index (κ1) is 16.6. The van der Waals surface area contributed by atoms with Crippen molar-refractivity contribution in [2.75, 3.05) is 29.9 Å². The highest BCUT2D eigenvalue weighted by atomic mass is 32.1. The van der Waals surface area contributed by atoms with Gasteiger partial charge in [0.1, 0.15) is 11.9 Å². The molecule has 1 aliphatic rings. The van der Waals surface area contributed by atoms with E-state index >= 15 is 0 Å². The number of carbonyl (C=O) groups excluding carboxylic acids is 1. The Bertz CT molecular complexity index is 612. The molecule has 5 nitrogen and oxygen atoms in total. The number of rotatable bonds is 5. The average Bonchev–Trinajstić information content (AvgIpc) is 2.85. The number of hydrogen-bond donors (Lipinski definition) is 1. The Labute approximate surface area is 139 Å². The smallest absolute Gasteiger partial charge is 0.414 e. The van der Waals surface area contributed by atoms with Crippen molar-refractivity contribution < 1.29 is 13.9 Å². The molecule has 0 bridgehead atoms. The number of cyclic esters (lactones) is 1. The molecule has 2 rings (SSSR count). The van der Waals surface area contributed by atoms with Crippen molar-refractivity contribution in [3.05, 3.63) is 24.0 Å². The van der Waals surface area contributed by atoms with Crippen LogP contribution in [0.25, 0.3) is 0 Å². The Morgan fingerprint density at radius 2 is 2.36 bits per heavy atom. The minimum absolute atomic E-state index is 0.322. The summed E-state index contributed by atoms with van der Waals surface area (Å²) in [6.45, 7) is 2.53. The van der Waals surface area contributed by atoms with Crippen molar-refractivity contribution in [3.63, 3.8) is 0 Å². The minimum atomic E-state index is -0.496. The fourth-order valence-corrected chi connectivity index (χ4v) is 2.30. The largest absolute Gasteiger partial charge is 0.442 e. The van der Waals surface area contributed by atoms with E-state index in [-0.39, 0.29) is 6.10 Å². The molecule has 1 aliphatic heterocycles. The highest BCUT2D eigenvalue weighted by Gasteiger charge is 2.32. The number of benzene rings is 1. The molecule has 1 aromatic carbocycles. The van der Waals surface area contributed by atoms with Crippen molar-refractivity contribution in [2.45, 2.75) is 13.0 Å². The van der Waals surface area contributed by atoms with E-state index in [0.29, 0.717) is 29.5 Å². The molecular formula is C14H16FN3O2S2. The molecule has 1 heterocycles. The Hall–Kier alpha value is -1.80. The van der Waals surface area contributed by atoms with E-state index in [1.807, 2.05) is 0 Å². The first-order chi connectivity index (χ1) is 10.4. The summed E-state index contributed by atoms with van der Waals surface area (Å²) in [5, 5.41) is 2.95. The van der Waals surface area contributed by atoms with Gasteiger partial charge in [-0.15, -0.1) is 0 Å². The van der Waals surface area contributed by atoms with Crippen LogP contribution in [0.5, 0.6) is 0 Å². The molecule has 22 heavy (non-hydrogen) atoms. The summed E-state index contributed by atoms with van der Waals surface area (Å²) in [6.07, 6.45) is -0.819. The van der Waals surface area contributed by atoms with Gasteiger partial charge >= 0.3 is 6.09 Å². The van der Waals surface area contributed by atoms with Gasteiger partial charge in [0.2, 0.25) is 0 Å². The van der Waals surface area contributed by atoms with Crippen molar-refractivity contribution in [1.29, 1.82) is 0 Å². The van der Waals surface area contributed by atoms with Crippen LogP contribution in [0.1, 0.15) is 6.92 Å². The standard InChI is InChI=1S/C14H16FN3O2S2/c1-9(22)16-6-11-7-18(14(19)20-11)10-3-4-13(12(15)5-10)17(2)8-21/h3-5,8,11H,6-7H2,1-2H3,(H,16,22). The minimum Gasteiger partial charge on any atom is -0.442 e. The zero-order valence-corrected chi connectivity index (χ0v) is 13.8. The zero-order chi connectivity index (χ0) is 16.3. The van der Waals surface area contributed by atoms with Gasteiger partial charge in [0.15, 0.2) is 0 Å². The molecule has 0 spiro atoms. The molecule has 0 saturated carbocycles. The van der Waals surface area contributed by atoms with Crippen LogP contribution in [0.4, 0.5) is 20.6 Å². The van der Waals surface area contributed by atoms with Crippen LogP contribution >= 0.6 is 24.4 Å². The molecule has 1 amide bonds. The number of carbonyl (C=O) groups is 1. The van der Waals surface area contributed by atoms with Gasteiger partial charge in [0, 0.05) is 7.05 Å². The summed E-state index contributed by atoms with van der Waals surface area (Å²) in [5.74, 6) is -0.454. The maximum atomic E-state index is 14.1. The second-order valence-corrected chi connectivity index (χ2v) is 5.73. The molecule has 1 saturated heterocycles. The molecular weight excluding hydrogens is 325 g/mol. The molecule has 1 fully saturated rings. The number of thiocarbonyl (C=S) groups is 2. The van der Waals surface area contributed by atoms with E-state index in [4.69, 9.17) is 29.2 Å². The Balaban J connectivity index is 2.11. The van der Waals surface area contributed by atoms with Crippen molar-refractivity contribution in [1.82, 2.24) is 5.32 Å². The zero-order valence-electron chi connectivity index (χ0n) is 12.2. The second kappa shape index (κ2) is 6.97. The average molecular weight is 341 g/mol. The number of hydrogen-bond acceptors (Lipinski definition) is 4. The van der Waals surface area contributed by atoms with E-state index in [9.17, 15) is 9.18 Å². The van der Waals surface area contributed by atoms with Gasteiger partial charge in [0.05, 0.1) is 34.9 Å². The highest BCUT2D eigenvalue weighted by Crippen LogP contribution is 2.27. The summed E-state index contributed by atoms with van der Waals surface area (Å²) in [7, 11) is 1.66. The third-order valence-electron chi connectivity index (χ3n) is 3.23. The van der Waals surface area contributed by atoms with Gasteiger partial charge in [0.25, 0.3) is 0 Å². The summed E-state index contributed by atoms with van der Waals surface area (Å²) in [6, 6.07) is 4.54. The van der Waals surface area contributed by atoms with E-state index in [2.05, 4.69) is 5.32 Å². The number of amides is 1. The molecule has 1 atom stereocenters. The lowest BCUT2D eigenvalue weighted by Crippen LogP contribution is -2.32. The van der Waals surface area contributed by atoms with Crippen LogP contribution in [-0.2, 0) is 4.74 Å². The third kappa shape index (κ3) is 3.69. The number of halogens is 1. The van der Waals surface area contributed by atoms with Crippen LogP contribution in [0.2, 0.25) is 0 Å². The van der Waals surface area contributed by atoms with Gasteiger partial charge in [-0.2, -0.15) is 0 Å². The number of nitrogens with one attached hydrogen (secondary N) is 1. The molecule has 8 heteroatoms. The summed E-state index contributed by atoms with van der Waals surface area (Å²) < 4.78 is 19.3. The maximum absolute atomic E-state index is 14.1. The lowest BCUT2D eigenvalue weighted by atomic mass is 10.2. The fraction of sp³-hybridized carbons (Fsp3) is 0.357. The normalized spacial score (nSPS) is 17.1. The molecule has 1 N–H and O–H groups in total. The molecule has 118 valence electrons. The van der Waals surface area contributed by atoms with Gasteiger partial charge < -0.3 is 15.0 Å². The Morgan fingerprint density at radius 3 is 2.95 bits per heavy atom. The predicted molar refractivity (Wildman–Crippen MR) is 92.3 cm³/mol. The topological polar surface area (TPSA) is 44.8 Å². The summed E-state index contributed by atoms with van der Waals surface area (Å²) in [5.41, 5.74) is 2.14. The van der Waals surface area contributed by atoms with Gasteiger partial charge in [-0.1, -0.05) is 24.4 Å². The first-order valence-electron chi connectivity index (χ1n) is 6.62. The van der Waals surface area contributed by atoms with Crippen LogP contribution in [0, 0.1) is 5.82 Å².